The summed E-state index contributed by atoms with van der Waals surface area (Å²) < 4.78 is 5.05. The van der Waals surface area contributed by atoms with Crippen LogP contribution in [0.2, 0.25) is 0 Å². The van der Waals surface area contributed by atoms with Gasteiger partial charge in [0.1, 0.15) is 11.0 Å². The minimum absolute atomic E-state index is 0.132. The SMILES string of the molecule is Cc1cc(NC(=O)C(Sc2ccc3ccccc3c2)c2ccccc2)no1. The van der Waals surface area contributed by atoms with Gasteiger partial charge in [-0.3, -0.25) is 4.79 Å². The molecule has 134 valence electrons. The van der Waals surface area contributed by atoms with E-state index in [2.05, 4.69) is 40.8 Å². The number of aromatic nitrogens is 1. The molecule has 0 aliphatic heterocycles. The molecule has 1 N–H and O–H groups in total. The molecule has 0 aliphatic rings. The molecular weight excluding hydrogens is 356 g/mol. The minimum atomic E-state index is -0.399. The van der Waals surface area contributed by atoms with Crippen LogP contribution >= 0.6 is 11.8 Å². The number of benzene rings is 3. The zero-order chi connectivity index (χ0) is 18.6. The molecule has 4 rings (SSSR count). The molecule has 0 aliphatic carbocycles. The number of hydrogen-bond acceptors (Lipinski definition) is 4. The lowest BCUT2D eigenvalue weighted by atomic mass is 10.1. The van der Waals surface area contributed by atoms with E-state index in [0.29, 0.717) is 11.6 Å². The predicted octanol–water partition coefficient (Wildman–Crippen LogP) is 5.61. The molecule has 0 saturated heterocycles. The summed E-state index contributed by atoms with van der Waals surface area (Å²) in [6.07, 6.45) is 0. The lowest BCUT2D eigenvalue weighted by Gasteiger charge is -2.16. The average molecular weight is 374 g/mol. The van der Waals surface area contributed by atoms with Crippen molar-refractivity contribution >= 4 is 34.3 Å². The number of aryl methyl sites for hydroxylation is 1. The molecule has 0 saturated carbocycles. The van der Waals surface area contributed by atoms with Crippen LogP contribution in [-0.2, 0) is 4.79 Å². The number of thioether (sulfide) groups is 1. The molecule has 4 nitrogen and oxygen atoms in total. The van der Waals surface area contributed by atoms with E-state index in [0.717, 1.165) is 15.8 Å². The number of nitrogens with zero attached hydrogens (tertiary/aromatic N) is 1. The summed E-state index contributed by atoms with van der Waals surface area (Å²) in [6.45, 7) is 1.79. The van der Waals surface area contributed by atoms with Crippen molar-refractivity contribution in [1.82, 2.24) is 5.16 Å². The second kappa shape index (κ2) is 7.68. The third-order valence-corrected chi connectivity index (χ3v) is 5.44. The summed E-state index contributed by atoms with van der Waals surface area (Å²) in [5, 5.41) is 8.65. The Morgan fingerprint density at radius 1 is 0.963 bits per heavy atom. The summed E-state index contributed by atoms with van der Waals surface area (Å²) in [6, 6.07) is 25.9. The van der Waals surface area contributed by atoms with Crippen molar-refractivity contribution < 1.29 is 9.32 Å². The Morgan fingerprint density at radius 2 is 1.70 bits per heavy atom. The van der Waals surface area contributed by atoms with Crippen LogP contribution in [0.5, 0.6) is 0 Å². The van der Waals surface area contributed by atoms with Crippen LogP contribution in [0, 0.1) is 6.92 Å². The first-order chi connectivity index (χ1) is 13.2. The van der Waals surface area contributed by atoms with Crippen LogP contribution in [-0.4, -0.2) is 11.1 Å². The van der Waals surface area contributed by atoms with E-state index in [-0.39, 0.29) is 5.91 Å². The molecule has 4 aromatic rings. The van der Waals surface area contributed by atoms with Gasteiger partial charge in [0, 0.05) is 11.0 Å². The molecule has 5 heteroatoms. The lowest BCUT2D eigenvalue weighted by Crippen LogP contribution is -2.19. The fourth-order valence-electron chi connectivity index (χ4n) is 2.89. The number of amides is 1. The Kier molecular flexibility index (Phi) is 4.94. The topological polar surface area (TPSA) is 55.1 Å². The van der Waals surface area contributed by atoms with Gasteiger partial charge in [0.2, 0.25) is 5.91 Å². The largest absolute Gasteiger partial charge is 0.360 e. The molecule has 1 amide bonds. The zero-order valence-corrected chi connectivity index (χ0v) is 15.6. The van der Waals surface area contributed by atoms with Crippen LogP contribution in [0.4, 0.5) is 5.82 Å². The Labute approximate surface area is 161 Å². The van der Waals surface area contributed by atoms with Crippen LogP contribution < -0.4 is 5.32 Å². The fourth-order valence-corrected chi connectivity index (χ4v) is 3.97. The van der Waals surface area contributed by atoms with E-state index in [1.165, 1.54) is 17.1 Å². The van der Waals surface area contributed by atoms with Gasteiger partial charge in [0.05, 0.1) is 0 Å². The van der Waals surface area contributed by atoms with Crippen molar-refractivity contribution in [2.45, 2.75) is 17.1 Å². The van der Waals surface area contributed by atoms with Gasteiger partial charge in [-0.2, -0.15) is 0 Å². The van der Waals surface area contributed by atoms with E-state index in [1.807, 2.05) is 42.5 Å². The maximum absolute atomic E-state index is 13.0. The van der Waals surface area contributed by atoms with Crippen molar-refractivity contribution in [3.63, 3.8) is 0 Å². The number of carbonyl (C=O) groups excluding carboxylic acids is 1. The Morgan fingerprint density at radius 3 is 2.44 bits per heavy atom. The summed E-state index contributed by atoms with van der Waals surface area (Å²) >= 11 is 1.52. The third-order valence-electron chi connectivity index (χ3n) is 4.19. The highest BCUT2D eigenvalue weighted by Crippen LogP contribution is 2.37. The quantitative estimate of drug-likeness (QED) is 0.461. The molecule has 1 atom stereocenters. The molecule has 1 heterocycles. The first-order valence-electron chi connectivity index (χ1n) is 8.64. The molecule has 0 spiro atoms. The molecule has 1 unspecified atom stereocenters. The highest BCUT2D eigenvalue weighted by Gasteiger charge is 2.23. The Bertz CT molecular complexity index is 1080. The first-order valence-corrected chi connectivity index (χ1v) is 9.51. The van der Waals surface area contributed by atoms with Crippen molar-refractivity contribution in [2.24, 2.45) is 0 Å². The predicted molar refractivity (Wildman–Crippen MR) is 109 cm³/mol. The smallest absolute Gasteiger partial charge is 0.243 e. The van der Waals surface area contributed by atoms with E-state index < -0.39 is 5.25 Å². The van der Waals surface area contributed by atoms with Gasteiger partial charge >= 0.3 is 0 Å². The highest BCUT2D eigenvalue weighted by atomic mass is 32.2. The second-order valence-electron chi connectivity index (χ2n) is 6.23. The van der Waals surface area contributed by atoms with Crippen LogP contribution in [0.3, 0.4) is 0 Å². The Hall–Kier alpha value is -3.05. The summed E-state index contributed by atoms with van der Waals surface area (Å²) in [7, 11) is 0. The van der Waals surface area contributed by atoms with Crippen molar-refractivity contribution in [3.05, 3.63) is 90.2 Å². The average Bonchev–Trinajstić information content (AvgIpc) is 3.11. The third kappa shape index (κ3) is 4.04. The van der Waals surface area contributed by atoms with Crippen molar-refractivity contribution in [2.75, 3.05) is 5.32 Å². The highest BCUT2D eigenvalue weighted by molar-refractivity contribution is 8.00. The fraction of sp³-hybridized carbons (Fsp3) is 0.0909. The van der Waals surface area contributed by atoms with Crippen LogP contribution in [0.15, 0.2) is 88.3 Å². The number of carbonyl (C=O) groups is 1. The number of rotatable bonds is 5. The van der Waals surface area contributed by atoms with Gasteiger partial charge in [0.15, 0.2) is 5.82 Å². The van der Waals surface area contributed by atoms with Gasteiger partial charge in [-0.15, -0.1) is 11.8 Å². The number of anilines is 1. The second-order valence-corrected chi connectivity index (χ2v) is 7.41. The summed E-state index contributed by atoms with van der Waals surface area (Å²) in [5.41, 5.74) is 0.938. The molecular formula is C22H18N2O2S. The Balaban J connectivity index is 1.63. The molecule has 3 aromatic carbocycles. The molecule has 0 fully saturated rings. The van der Waals surface area contributed by atoms with Crippen LogP contribution in [0.25, 0.3) is 10.8 Å². The van der Waals surface area contributed by atoms with Gasteiger partial charge in [-0.25, -0.2) is 0 Å². The van der Waals surface area contributed by atoms with Crippen molar-refractivity contribution in [3.8, 4) is 0 Å². The summed E-state index contributed by atoms with van der Waals surface area (Å²) in [4.78, 5) is 14.0. The van der Waals surface area contributed by atoms with Crippen molar-refractivity contribution in [1.29, 1.82) is 0 Å². The maximum Gasteiger partial charge on any atom is 0.243 e. The van der Waals surface area contributed by atoms with Gasteiger partial charge < -0.3 is 9.84 Å². The maximum atomic E-state index is 13.0. The summed E-state index contributed by atoms with van der Waals surface area (Å²) in [5.74, 6) is 0.953. The van der Waals surface area contributed by atoms with Gasteiger partial charge in [0.25, 0.3) is 0 Å². The number of hydrogen-bond donors (Lipinski definition) is 1. The molecule has 1 aromatic heterocycles. The standard InChI is InChI=1S/C22H18N2O2S/c1-15-13-20(24-26-15)23-22(25)21(17-8-3-2-4-9-17)27-19-12-11-16-7-5-6-10-18(16)14-19/h2-14,21H,1H3,(H,23,24,25). The van der Waals surface area contributed by atoms with Gasteiger partial charge in [-0.05, 0) is 35.4 Å². The van der Waals surface area contributed by atoms with E-state index in [9.17, 15) is 4.79 Å². The molecule has 0 radical (unpaired) electrons. The molecule has 27 heavy (non-hydrogen) atoms. The van der Waals surface area contributed by atoms with Crippen LogP contribution in [0.1, 0.15) is 16.6 Å². The zero-order valence-electron chi connectivity index (χ0n) is 14.8. The van der Waals surface area contributed by atoms with Gasteiger partial charge in [-0.1, -0.05) is 65.8 Å². The number of fused-ring (bicyclic) bond motifs is 1. The lowest BCUT2D eigenvalue weighted by molar-refractivity contribution is -0.115. The first kappa shape index (κ1) is 17.4. The monoisotopic (exact) mass is 374 g/mol. The normalized spacial score (nSPS) is 12.0. The van der Waals surface area contributed by atoms with E-state index in [1.54, 1.807) is 13.0 Å². The van der Waals surface area contributed by atoms with E-state index >= 15 is 0 Å². The minimum Gasteiger partial charge on any atom is -0.360 e. The van der Waals surface area contributed by atoms with E-state index in [4.69, 9.17) is 4.52 Å². The number of nitrogens with one attached hydrogen (secondary N) is 1. The molecule has 0 bridgehead atoms.